The summed E-state index contributed by atoms with van der Waals surface area (Å²) in [5, 5.41) is 2.81. The number of amides is 1. The van der Waals surface area contributed by atoms with Crippen LogP contribution in [0, 0.1) is 11.8 Å². The van der Waals surface area contributed by atoms with Crippen LogP contribution in [0.15, 0.2) is 42.9 Å². The van der Waals surface area contributed by atoms with Crippen molar-refractivity contribution in [3.05, 3.63) is 59.1 Å². The highest BCUT2D eigenvalue weighted by atomic mass is 35.5. The van der Waals surface area contributed by atoms with Crippen molar-refractivity contribution in [2.75, 3.05) is 6.54 Å². The third-order valence-corrected chi connectivity index (χ3v) is 2.72. The van der Waals surface area contributed by atoms with E-state index in [9.17, 15) is 4.79 Å². The van der Waals surface area contributed by atoms with Crippen LogP contribution in [-0.2, 0) is 11.3 Å². The Morgan fingerprint density at radius 2 is 2.14 bits per heavy atom. The van der Waals surface area contributed by atoms with E-state index < -0.39 is 6.09 Å². The molecule has 0 bridgehead atoms. The minimum Gasteiger partial charge on any atom is -0.445 e. The topological polar surface area (TPSA) is 64.1 Å². The first-order chi connectivity index (χ1) is 10.3. The first kappa shape index (κ1) is 14.8. The number of ether oxygens (including phenoxy) is 1. The zero-order chi connectivity index (χ0) is 14.9. The molecule has 0 fully saturated rings. The Bertz CT molecular complexity index is 665. The van der Waals surface area contributed by atoms with Crippen LogP contribution in [0.3, 0.4) is 0 Å². The molecule has 5 nitrogen and oxygen atoms in total. The molecule has 1 aromatic heterocycles. The molecule has 6 heteroatoms. The van der Waals surface area contributed by atoms with E-state index in [2.05, 4.69) is 27.1 Å². The Labute approximate surface area is 127 Å². The predicted molar refractivity (Wildman–Crippen MR) is 78.5 cm³/mol. The second-order valence-electron chi connectivity index (χ2n) is 3.94. The van der Waals surface area contributed by atoms with Crippen LogP contribution in [0.25, 0.3) is 0 Å². The Kier molecular flexibility index (Phi) is 5.56. The zero-order valence-electron chi connectivity index (χ0n) is 11.0. The fraction of sp³-hybridized carbons (Fsp3) is 0.133. The molecule has 1 heterocycles. The van der Waals surface area contributed by atoms with E-state index in [-0.39, 0.29) is 18.3 Å². The molecule has 0 aliphatic heterocycles. The van der Waals surface area contributed by atoms with Gasteiger partial charge in [0, 0.05) is 6.20 Å². The first-order valence-electron chi connectivity index (χ1n) is 6.14. The lowest BCUT2D eigenvalue weighted by Gasteiger charge is -2.04. The maximum absolute atomic E-state index is 11.4. The molecule has 0 spiro atoms. The number of nitrogens with one attached hydrogen (secondary N) is 1. The van der Waals surface area contributed by atoms with Gasteiger partial charge in [-0.1, -0.05) is 53.8 Å². The van der Waals surface area contributed by atoms with Crippen molar-refractivity contribution in [1.82, 2.24) is 15.3 Å². The van der Waals surface area contributed by atoms with Crippen LogP contribution < -0.4 is 5.32 Å². The molecule has 0 aliphatic rings. The molecular weight excluding hydrogens is 290 g/mol. The Balaban J connectivity index is 1.74. The summed E-state index contributed by atoms with van der Waals surface area (Å²) in [4.78, 5) is 19.1. The average molecular weight is 302 g/mol. The monoisotopic (exact) mass is 301 g/mol. The van der Waals surface area contributed by atoms with Crippen LogP contribution >= 0.6 is 11.6 Å². The molecule has 1 amide bonds. The lowest BCUT2D eigenvalue weighted by Crippen LogP contribution is -2.24. The number of carbonyl (C=O) groups is 1. The van der Waals surface area contributed by atoms with E-state index in [1.54, 1.807) is 0 Å². The van der Waals surface area contributed by atoms with Gasteiger partial charge in [0.15, 0.2) is 0 Å². The number of hydrogen-bond donors (Lipinski definition) is 1. The number of carbonyl (C=O) groups excluding carboxylic acids is 1. The molecule has 1 aromatic carbocycles. The highest BCUT2D eigenvalue weighted by Gasteiger charge is 2.00. The number of nitrogens with zero attached hydrogens (tertiary/aromatic N) is 2. The third-order valence-electron chi connectivity index (χ3n) is 2.42. The predicted octanol–water partition coefficient (Wildman–Crippen LogP) is 2.41. The number of benzene rings is 1. The number of rotatable bonds is 3. The molecule has 21 heavy (non-hydrogen) atoms. The molecule has 0 saturated heterocycles. The van der Waals surface area contributed by atoms with E-state index in [0.29, 0.717) is 5.56 Å². The van der Waals surface area contributed by atoms with E-state index in [1.165, 1.54) is 12.5 Å². The van der Waals surface area contributed by atoms with Gasteiger partial charge in [0.2, 0.25) is 0 Å². The van der Waals surface area contributed by atoms with Gasteiger partial charge in [0.1, 0.15) is 18.1 Å². The second kappa shape index (κ2) is 7.88. The molecule has 1 N–H and O–H groups in total. The summed E-state index contributed by atoms with van der Waals surface area (Å²) in [7, 11) is 0. The Hall–Kier alpha value is -2.58. The molecule has 2 aromatic rings. The Morgan fingerprint density at radius 3 is 2.90 bits per heavy atom. The largest absolute Gasteiger partial charge is 0.445 e. The van der Waals surface area contributed by atoms with Crippen molar-refractivity contribution < 1.29 is 9.53 Å². The summed E-state index contributed by atoms with van der Waals surface area (Å²) in [6.45, 7) is 0.372. The summed E-state index contributed by atoms with van der Waals surface area (Å²) in [5.41, 5.74) is 1.44. The van der Waals surface area contributed by atoms with Crippen molar-refractivity contribution in [3.63, 3.8) is 0 Å². The van der Waals surface area contributed by atoms with Crippen LogP contribution in [0.2, 0.25) is 5.15 Å². The van der Waals surface area contributed by atoms with E-state index in [1.807, 2.05) is 30.3 Å². The van der Waals surface area contributed by atoms with Crippen molar-refractivity contribution in [2.24, 2.45) is 0 Å². The normalized spacial score (nSPS) is 9.38. The van der Waals surface area contributed by atoms with Gasteiger partial charge in [-0.2, -0.15) is 0 Å². The second-order valence-corrected chi connectivity index (χ2v) is 4.30. The number of halogens is 1. The fourth-order valence-electron chi connectivity index (χ4n) is 1.43. The Morgan fingerprint density at radius 1 is 1.33 bits per heavy atom. The van der Waals surface area contributed by atoms with E-state index in [4.69, 9.17) is 16.3 Å². The molecule has 0 saturated carbocycles. The smallest absolute Gasteiger partial charge is 0.408 e. The van der Waals surface area contributed by atoms with Gasteiger partial charge in [-0.05, 0) is 5.56 Å². The molecule has 0 unspecified atom stereocenters. The third kappa shape index (κ3) is 5.13. The minimum atomic E-state index is -0.524. The summed E-state index contributed by atoms with van der Waals surface area (Å²) in [6.07, 6.45) is 2.33. The lowest BCUT2D eigenvalue weighted by molar-refractivity contribution is 0.141. The average Bonchev–Trinajstić information content (AvgIpc) is 2.52. The molecule has 0 atom stereocenters. The summed E-state index contributed by atoms with van der Waals surface area (Å²) in [5.74, 6) is 5.51. The van der Waals surface area contributed by atoms with Crippen LogP contribution in [-0.4, -0.2) is 22.6 Å². The van der Waals surface area contributed by atoms with Gasteiger partial charge in [-0.25, -0.2) is 14.8 Å². The van der Waals surface area contributed by atoms with Crippen molar-refractivity contribution in [1.29, 1.82) is 0 Å². The summed E-state index contributed by atoms with van der Waals surface area (Å²) >= 11 is 5.82. The summed E-state index contributed by atoms with van der Waals surface area (Å²) in [6, 6.07) is 9.42. The SMILES string of the molecule is O=C(NCC#Cc1cncnc1Cl)OCc1ccccc1. The van der Waals surface area contributed by atoms with Crippen molar-refractivity contribution >= 4 is 17.7 Å². The van der Waals surface area contributed by atoms with Gasteiger partial charge < -0.3 is 10.1 Å². The number of alkyl carbamates (subject to hydrolysis) is 1. The van der Waals surface area contributed by atoms with E-state index >= 15 is 0 Å². The van der Waals surface area contributed by atoms with Crippen molar-refractivity contribution in [3.8, 4) is 11.8 Å². The zero-order valence-corrected chi connectivity index (χ0v) is 11.8. The number of aromatic nitrogens is 2. The minimum absolute atomic E-state index is 0.152. The standard InChI is InChI=1S/C15H12ClN3O2/c16-14-13(9-17-11-19-14)7-4-8-18-15(20)21-10-12-5-2-1-3-6-12/h1-3,5-6,9,11H,8,10H2,(H,18,20). The van der Waals surface area contributed by atoms with Crippen LogP contribution in [0.4, 0.5) is 4.79 Å². The highest BCUT2D eigenvalue weighted by molar-refractivity contribution is 6.30. The summed E-state index contributed by atoms with van der Waals surface area (Å²) < 4.78 is 5.04. The van der Waals surface area contributed by atoms with Crippen LogP contribution in [0.5, 0.6) is 0 Å². The van der Waals surface area contributed by atoms with Gasteiger partial charge in [-0.3, -0.25) is 0 Å². The molecule has 106 valence electrons. The first-order valence-corrected chi connectivity index (χ1v) is 6.52. The van der Waals surface area contributed by atoms with Gasteiger partial charge in [0.05, 0.1) is 12.1 Å². The van der Waals surface area contributed by atoms with Gasteiger partial charge in [-0.15, -0.1) is 0 Å². The lowest BCUT2D eigenvalue weighted by atomic mass is 10.2. The molecular formula is C15H12ClN3O2. The quantitative estimate of drug-likeness (QED) is 0.698. The van der Waals surface area contributed by atoms with Crippen LogP contribution in [0.1, 0.15) is 11.1 Å². The molecule has 0 radical (unpaired) electrons. The fourth-order valence-corrected chi connectivity index (χ4v) is 1.57. The van der Waals surface area contributed by atoms with Gasteiger partial charge in [0.25, 0.3) is 0 Å². The van der Waals surface area contributed by atoms with Crippen molar-refractivity contribution in [2.45, 2.75) is 6.61 Å². The van der Waals surface area contributed by atoms with Gasteiger partial charge >= 0.3 is 6.09 Å². The number of hydrogen-bond acceptors (Lipinski definition) is 4. The molecule has 0 aliphatic carbocycles. The maximum atomic E-state index is 11.4. The maximum Gasteiger partial charge on any atom is 0.408 e. The highest BCUT2D eigenvalue weighted by Crippen LogP contribution is 2.07. The molecule has 2 rings (SSSR count). The van der Waals surface area contributed by atoms with E-state index in [0.717, 1.165) is 5.56 Å².